The number of carbonyl (C=O) groups is 3. The Labute approximate surface area is 198 Å². The Kier molecular flexibility index (Phi) is 7.71. The van der Waals surface area contributed by atoms with Crippen molar-refractivity contribution < 1.29 is 27.2 Å². The lowest BCUT2D eigenvalue weighted by Gasteiger charge is -2.29. The van der Waals surface area contributed by atoms with E-state index in [0.717, 1.165) is 0 Å². The zero-order valence-electron chi connectivity index (χ0n) is 19.3. The van der Waals surface area contributed by atoms with E-state index in [4.69, 9.17) is 0 Å². The minimum absolute atomic E-state index is 0.0552. The molecule has 0 saturated heterocycles. The van der Waals surface area contributed by atoms with Gasteiger partial charge in [0.1, 0.15) is 16.8 Å². The molecule has 0 aliphatic carbocycles. The molecule has 0 unspecified atom stereocenters. The van der Waals surface area contributed by atoms with Gasteiger partial charge < -0.3 is 10.2 Å². The molecule has 0 bridgehead atoms. The van der Waals surface area contributed by atoms with Gasteiger partial charge in [-0.1, -0.05) is 44.2 Å². The fourth-order valence-corrected chi connectivity index (χ4v) is 5.21. The Bertz CT molecular complexity index is 1200. The van der Waals surface area contributed by atoms with Crippen LogP contribution in [-0.2, 0) is 26.2 Å². The lowest BCUT2D eigenvalue weighted by Crippen LogP contribution is -2.49. The Morgan fingerprint density at radius 3 is 2.35 bits per heavy atom. The van der Waals surface area contributed by atoms with E-state index >= 15 is 0 Å². The highest BCUT2D eigenvalue weighted by molar-refractivity contribution is 7.90. The minimum Gasteiger partial charge on any atom is -0.354 e. The highest BCUT2D eigenvalue weighted by atomic mass is 32.2. The van der Waals surface area contributed by atoms with Gasteiger partial charge in [0.15, 0.2) is 0 Å². The number of carbonyl (C=O) groups excluding carboxylic acids is 3. The summed E-state index contributed by atoms with van der Waals surface area (Å²) in [4.78, 5) is 39.6. The zero-order chi connectivity index (χ0) is 25.0. The predicted molar refractivity (Wildman–Crippen MR) is 124 cm³/mol. The first-order valence-corrected chi connectivity index (χ1v) is 12.4. The van der Waals surface area contributed by atoms with Gasteiger partial charge in [-0.05, 0) is 31.0 Å². The average molecular weight is 490 g/mol. The van der Waals surface area contributed by atoms with Crippen LogP contribution in [0.25, 0.3) is 0 Å². The standard InChI is InChI=1S/C24H28FN3O5S/c1-16(2)14-26-23(30)17(3)27(15-18-8-4-6-10-20(18)25)22(29)12-13-28-24(31)19-9-5-7-11-21(19)34(28,32)33/h4-11,16-17H,12-15H2,1-3H3,(H,26,30)/t17-/m1/s1. The molecule has 0 saturated carbocycles. The summed E-state index contributed by atoms with van der Waals surface area (Å²) in [7, 11) is -4.06. The first kappa shape index (κ1) is 25.4. The predicted octanol–water partition coefficient (Wildman–Crippen LogP) is 2.55. The zero-order valence-corrected chi connectivity index (χ0v) is 20.1. The molecule has 0 aromatic heterocycles. The molecule has 10 heteroatoms. The normalized spacial score (nSPS) is 15.2. The first-order valence-electron chi connectivity index (χ1n) is 11.0. The summed E-state index contributed by atoms with van der Waals surface area (Å²) in [6.07, 6.45) is -0.352. The number of benzene rings is 2. The van der Waals surface area contributed by atoms with Gasteiger partial charge in [0.25, 0.3) is 15.9 Å². The summed E-state index contributed by atoms with van der Waals surface area (Å²) >= 11 is 0. The second kappa shape index (κ2) is 10.3. The molecule has 8 nitrogen and oxygen atoms in total. The Balaban J connectivity index is 1.79. The molecule has 182 valence electrons. The highest BCUT2D eigenvalue weighted by Gasteiger charge is 2.41. The molecule has 2 aromatic rings. The fourth-order valence-electron chi connectivity index (χ4n) is 3.64. The van der Waals surface area contributed by atoms with E-state index in [1.807, 2.05) is 13.8 Å². The quantitative estimate of drug-likeness (QED) is 0.583. The molecule has 1 aliphatic rings. The molecule has 0 spiro atoms. The van der Waals surface area contributed by atoms with Gasteiger partial charge in [-0.3, -0.25) is 14.4 Å². The van der Waals surface area contributed by atoms with Crippen LogP contribution < -0.4 is 5.32 Å². The van der Waals surface area contributed by atoms with Crippen LogP contribution in [0.5, 0.6) is 0 Å². The molecular weight excluding hydrogens is 461 g/mol. The number of fused-ring (bicyclic) bond motifs is 1. The maximum absolute atomic E-state index is 14.3. The average Bonchev–Trinajstić information content (AvgIpc) is 3.00. The van der Waals surface area contributed by atoms with Crippen molar-refractivity contribution in [2.45, 2.75) is 44.7 Å². The maximum Gasteiger partial charge on any atom is 0.269 e. The summed E-state index contributed by atoms with van der Waals surface area (Å²) in [5.74, 6) is -2.01. The molecule has 1 atom stereocenters. The number of nitrogens with one attached hydrogen (secondary N) is 1. The van der Waals surface area contributed by atoms with Crippen molar-refractivity contribution in [2.24, 2.45) is 5.92 Å². The van der Waals surface area contributed by atoms with Gasteiger partial charge in [0.05, 0.1) is 5.56 Å². The first-order chi connectivity index (χ1) is 16.0. The van der Waals surface area contributed by atoms with Crippen LogP contribution in [0.2, 0.25) is 0 Å². The monoisotopic (exact) mass is 489 g/mol. The molecule has 0 radical (unpaired) electrons. The maximum atomic E-state index is 14.3. The molecule has 3 amide bonds. The molecular formula is C24H28FN3O5S. The molecule has 2 aromatic carbocycles. The van der Waals surface area contributed by atoms with Crippen LogP contribution in [0.15, 0.2) is 53.4 Å². The number of sulfonamides is 1. The summed E-state index contributed by atoms with van der Waals surface area (Å²) in [6, 6.07) is 10.8. The van der Waals surface area contributed by atoms with Gasteiger partial charge in [0.2, 0.25) is 11.8 Å². The van der Waals surface area contributed by atoms with Gasteiger partial charge in [-0.25, -0.2) is 17.1 Å². The van der Waals surface area contributed by atoms with Crippen molar-refractivity contribution in [1.29, 1.82) is 0 Å². The number of hydrogen-bond acceptors (Lipinski definition) is 5. The third-order valence-electron chi connectivity index (χ3n) is 5.59. The van der Waals surface area contributed by atoms with Crippen LogP contribution >= 0.6 is 0 Å². The van der Waals surface area contributed by atoms with E-state index in [9.17, 15) is 27.2 Å². The summed E-state index contributed by atoms with van der Waals surface area (Å²) in [5, 5.41) is 2.76. The summed E-state index contributed by atoms with van der Waals surface area (Å²) in [6.45, 7) is 5.23. The second-order valence-electron chi connectivity index (χ2n) is 8.56. The van der Waals surface area contributed by atoms with Crippen molar-refractivity contribution in [3.8, 4) is 0 Å². The van der Waals surface area contributed by atoms with E-state index in [2.05, 4.69) is 5.32 Å². The smallest absolute Gasteiger partial charge is 0.269 e. The van der Waals surface area contributed by atoms with Crippen LogP contribution in [0.4, 0.5) is 4.39 Å². The summed E-state index contributed by atoms with van der Waals surface area (Å²) in [5.41, 5.74) is 0.274. The second-order valence-corrected chi connectivity index (χ2v) is 10.4. The number of rotatable bonds is 9. The largest absolute Gasteiger partial charge is 0.354 e. The van der Waals surface area contributed by atoms with Gasteiger partial charge >= 0.3 is 0 Å². The number of hydrogen-bond donors (Lipinski definition) is 1. The van der Waals surface area contributed by atoms with Crippen molar-refractivity contribution in [1.82, 2.24) is 14.5 Å². The van der Waals surface area contributed by atoms with Crippen molar-refractivity contribution in [3.63, 3.8) is 0 Å². The van der Waals surface area contributed by atoms with Gasteiger partial charge in [0, 0.05) is 31.6 Å². The molecule has 3 rings (SSSR count). The Morgan fingerprint density at radius 2 is 1.71 bits per heavy atom. The SMILES string of the molecule is CC(C)CNC(=O)[C@@H](C)N(Cc1ccccc1F)C(=O)CCN1C(=O)c2ccccc2S1(=O)=O. The van der Waals surface area contributed by atoms with Crippen molar-refractivity contribution >= 4 is 27.7 Å². The van der Waals surface area contributed by atoms with Crippen molar-refractivity contribution in [3.05, 3.63) is 65.5 Å². The minimum atomic E-state index is -4.06. The lowest BCUT2D eigenvalue weighted by atomic mass is 10.1. The molecule has 1 heterocycles. The van der Waals surface area contributed by atoms with E-state index in [1.165, 1.54) is 48.2 Å². The van der Waals surface area contributed by atoms with E-state index in [1.54, 1.807) is 12.1 Å². The Morgan fingerprint density at radius 1 is 1.06 bits per heavy atom. The molecule has 1 aliphatic heterocycles. The third-order valence-corrected chi connectivity index (χ3v) is 7.43. The Hall–Kier alpha value is -3.27. The molecule has 34 heavy (non-hydrogen) atoms. The lowest BCUT2D eigenvalue weighted by molar-refractivity contribution is -0.140. The summed E-state index contributed by atoms with van der Waals surface area (Å²) < 4.78 is 40.5. The van der Waals surface area contributed by atoms with E-state index in [-0.39, 0.29) is 41.5 Å². The van der Waals surface area contributed by atoms with Crippen LogP contribution in [0.1, 0.15) is 43.1 Å². The van der Waals surface area contributed by atoms with Crippen LogP contribution in [0.3, 0.4) is 0 Å². The van der Waals surface area contributed by atoms with Gasteiger partial charge in [-0.15, -0.1) is 0 Å². The van der Waals surface area contributed by atoms with Gasteiger partial charge in [-0.2, -0.15) is 0 Å². The highest BCUT2D eigenvalue weighted by Crippen LogP contribution is 2.30. The third kappa shape index (κ3) is 5.27. The number of amides is 3. The van der Waals surface area contributed by atoms with Crippen molar-refractivity contribution in [2.75, 3.05) is 13.1 Å². The van der Waals surface area contributed by atoms with E-state index < -0.39 is 39.6 Å². The van der Waals surface area contributed by atoms with Crippen LogP contribution in [0, 0.1) is 11.7 Å². The molecule has 1 N–H and O–H groups in total. The number of halogens is 1. The van der Waals surface area contributed by atoms with Crippen LogP contribution in [-0.4, -0.2) is 54.5 Å². The fraction of sp³-hybridized carbons (Fsp3) is 0.375. The van der Waals surface area contributed by atoms with E-state index in [0.29, 0.717) is 10.8 Å². The molecule has 0 fully saturated rings. The topological polar surface area (TPSA) is 104 Å². The number of nitrogens with zero attached hydrogens (tertiary/aromatic N) is 2.